The van der Waals surface area contributed by atoms with Crippen molar-refractivity contribution in [3.63, 3.8) is 0 Å². The number of ether oxygens (including phenoxy) is 1. The molecular weight excluding hydrogens is 416 g/mol. The summed E-state index contributed by atoms with van der Waals surface area (Å²) < 4.78 is 55.3. The number of anilines is 1. The smallest absolute Gasteiger partial charge is 0.404 e. The molecule has 6 nitrogen and oxygen atoms in total. The monoisotopic (exact) mass is 432 g/mol. The van der Waals surface area contributed by atoms with Crippen molar-refractivity contribution in [1.82, 2.24) is 15.3 Å². The number of alkyl halides is 4. The maximum absolute atomic E-state index is 14.4. The number of nitrogens with zero attached hydrogens (tertiary/aromatic N) is 3. The second kappa shape index (κ2) is 8.40. The number of halogens is 5. The Balaban J connectivity index is 1.77. The van der Waals surface area contributed by atoms with Gasteiger partial charge in [0, 0.05) is 25.1 Å². The van der Waals surface area contributed by atoms with E-state index in [-0.39, 0.29) is 17.5 Å². The Morgan fingerprint density at radius 3 is 2.69 bits per heavy atom. The molecule has 1 unspecified atom stereocenters. The molecule has 2 atom stereocenters. The molecule has 3 rings (SSSR count). The summed E-state index contributed by atoms with van der Waals surface area (Å²) in [4.78, 5) is 21.1. The number of piperidine rings is 1. The van der Waals surface area contributed by atoms with E-state index in [1.54, 1.807) is 11.0 Å². The average molecular weight is 433 g/mol. The summed E-state index contributed by atoms with van der Waals surface area (Å²) in [6, 6.07) is 4.84. The molecule has 1 N–H and O–H groups in total. The zero-order valence-electron chi connectivity index (χ0n) is 15.2. The van der Waals surface area contributed by atoms with Gasteiger partial charge in [0.05, 0.1) is 23.3 Å². The summed E-state index contributed by atoms with van der Waals surface area (Å²) in [6.45, 7) is 1.85. The average Bonchev–Trinajstić information content (AvgIpc) is 2.64. The van der Waals surface area contributed by atoms with Gasteiger partial charge in [0.1, 0.15) is 24.1 Å². The van der Waals surface area contributed by atoms with Gasteiger partial charge in [-0.1, -0.05) is 11.6 Å². The highest BCUT2D eigenvalue weighted by atomic mass is 35.5. The molecule has 0 aliphatic carbocycles. The highest BCUT2D eigenvalue weighted by Gasteiger charge is 2.32. The van der Waals surface area contributed by atoms with E-state index in [0.29, 0.717) is 30.0 Å². The second-order valence-corrected chi connectivity index (χ2v) is 6.92. The number of carbonyl (C=O) groups is 1. The number of aromatic nitrogens is 2. The van der Waals surface area contributed by atoms with Crippen molar-refractivity contribution in [2.45, 2.75) is 31.9 Å². The molecule has 156 valence electrons. The van der Waals surface area contributed by atoms with Crippen LogP contribution in [0.4, 0.5) is 23.4 Å². The van der Waals surface area contributed by atoms with Crippen LogP contribution in [0.2, 0.25) is 5.02 Å². The first kappa shape index (κ1) is 21.1. The van der Waals surface area contributed by atoms with Crippen LogP contribution in [-0.4, -0.2) is 47.5 Å². The first-order valence-corrected chi connectivity index (χ1v) is 9.04. The third kappa shape index (κ3) is 5.47. The van der Waals surface area contributed by atoms with Gasteiger partial charge in [0.25, 0.3) is 0 Å². The van der Waals surface area contributed by atoms with E-state index in [0.717, 1.165) is 6.07 Å². The molecule has 1 fully saturated rings. The van der Waals surface area contributed by atoms with Gasteiger partial charge in [-0.05, 0) is 24.6 Å². The molecular formula is C18H17ClF4N4O2. The molecule has 2 heterocycles. The van der Waals surface area contributed by atoms with Crippen molar-refractivity contribution in [3.05, 3.63) is 35.6 Å². The molecule has 1 aromatic carbocycles. The molecule has 1 aromatic heterocycles. The van der Waals surface area contributed by atoms with Crippen LogP contribution in [0.1, 0.15) is 13.3 Å². The third-order valence-electron chi connectivity index (χ3n) is 4.36. The van der Waals surface area contributed by atoms with Crippen molar-refractivity contribution in [2.75, 3.05) is 18.0 Å². The van der Waals surface area contributed by atoms with E-state index in [9.17, 15) is 22.4 Å². The Bertz CT molecular complexity index is 896. The Morgan fingerprint density at radius 2 is 2.07 bits per heavy atom. The minimum Gasteiger partial charge on any atom is -0.404 e. The molecule has 11 heteroatoms. The number of hydrogen-bond acceptors (Lipinski definition) is 5. The van der Waals surface area contributed by atoms with E-state index in [4.69, 9.17) is 11.6 Å². The fourth-order valence-corrected chi connectivity index (χ4v) is 3.30. The summed E-state index contributed by atoms with van der Waals surface area (Å²) in [5.41, 5.74) is 0.868. The maximum Gasteiger partial charge on any atom is 0.573 e. The number of amides is 1. The molecule has 1 aliphatic rings. The summed E-state index contributed by atoms with van der Waals surface area (Å²) in [7, 11) is 0. The number of hydrogen-bond donors (Lipinski definition) is 1. The van der Waals surface area contributed by atoms with Crippen molar-refractivity contribution in [2.24, 2.45) is 0 Å². The van der Waals surface area contributed by atoms with Crippen LogP contribution in [0.25, 0.3) is 11.3 Å². The van der Waals surface area contributed by atoms with Crippen LogP contribution in [0, 0.1) is 0 Å². The lowest BCUT2D eigenvalue weighted by Crippen LogP contribution is -2.52. The van der Waals surface area contributed by atoms with E-state index < -0.39 is 24.3 Å². The van der Waals surface area contributed by atoms with Gasteiger partial charge >= 0.3 is 6.36 Å². The Labute approximate surface area is 168 Å². The molecule has 1 aliphatic heterocycles. The van der Waals surface area contributed by atoms with Crippen LogP contribution in [0.15, 0.2) is 30.6 Å². The molecule has 0 spiro atoms. The molecule has 2 aromatic rings. The number of rotatable bonds is 4. The Kier molecular flexibility index (Phi) is 6.11. The number of carbonyl (C=O) groups excluding carboxylic acids is 1. The van der Waals surface area contributed by atoms with E-state index in [1.165, 1.54) is 25.4 Å². The molecule has 0 radical (unpaired) electrons. The van der Waals surface area contributed by atoms with Gasteiger partial charge < -0.3 is 15.0 Å². The van der Waals surface area contributed by atoms with Crippen molar-refractivity contribution in [1.29, 1.82) is 0 Å². The lowest BCUT2D eigenvalue weighted by atomic mass is 10.0. The summed E-state index contributed by atoms with van der Waals surface area (Å²) in [5.74, 6) is -0.339. The van der Waals surface area contributed by atoms with Crippen molar-refractivity contribution >= 4 is 23.3 Å². The molecule has 0 bridgehead atoms. The molecule has 29 heavy (non-hydrogen) atoms. The zero-order chi connectivity index (χ0) is 21.2. The molecule has 1 amide bonds. The van der Waals surface area contributed by atoms with E-state index in [2.05, 4.69) is 20.0 Å². The lowest BCUT2D eigenvalue weighted by Gasteiger charge is -2.35. The third-order valence-corrected chi connectivity index (χ3v) is 4.66. The zero-order valence-corrected chi connectivity index (χ0v) is 16.0. The SMILES string of the molecule is CC(=O)NC1CCN(c2cc(-c3ccc(OC(F)(F)F)c(Cl)c3)ncn2)C[C@@H]1F. The first-order chi connectivity index (χ1) is 13.6. The standard InChI is InChI=1S/C18H17ClF4N4O2/c1-10(28)26-14-4-5-27(8-13(14)20)17-7-15(24-9-25-17)11-2-3-16(12(19)6-11)29-18(21,22)23/h2-3,6-7,9,13-14H,4-5,8H2,1H3,(H,26,28)/t13-,14?/m0/s1. The fraction of sp³-hybridized carbons (Fsp3) is 0.389. The predicted molar refractivity (Wildman–Crippen MR) is 98.5 cm³/mol. The van der Waals surface area contributed by atoms with Crippen molar-refractivity contribution in [3.8, 4) is 17.0 Å². The second-order valence-electron chi connectivity index (χ2n) is 6.51. The normalized spacial score (nSPS) is 19.7. The van der Waals surface area contributed by atoms with Crippen LogP contribution in [-0.2, 0) is 4.79 Å². The Morgan fingerprint density at radius 1 is 1.31 bits per heavy atom. The van der Waals surface area contributed by atoms with Gasteiger partial charge in [-0.15, -0.1) is 13.2 Å². The topological polar surface area (TPSA) is 67.4 Å². The number of benzene rings is 1. The van der Waals surface area contributed by atoms with Gasteiger partial charge in [-0.2, -0.15) is 0 Å². The largest absolute Gasteiger partial charge is 0.573 e. The highest BCUT2D eigenvalue weighted by molar-refractivity contribution is 6.32. The molecule has 0 saturated carbocycles. The fourth-order valence-electron chi connectivity index (χ4n) is 3.08. The van der Waals surface area contributed by atoms with E-state index in [1.807, 2.05) is 0 Å². The van der Waals surface area contributed by atoms with Gasteiger partial charge in [0.2, 0.25) is 5.91 Å². The maximum atomic E-state index is 14.4. The van der Waals surface area contributed by atoms with Crippen LogP contribution >= 0.6 is 11.6 Å². The number of nitrogens with one attached hydrogen (secondary N) is 1. The van der Waals surface area contributed by atoms with Crippen LogP contribution in [0.5, 0.6) is 5.75 Å². The van der Waals surface area contributed by atoms with Gasteiger partial charge in [-0.3, -0.25) is 4.79 Å². The summed E-state index contributed by atoms with van der Waals surface area (Å²) in [5, 5.41) is 2.37. The van der Waals surface area contributed by atoms with Crippen LogP contribution in [0.3, 0.4) is 0 Å². The van der Waals surface area contributed by atoms with Crippen LogP contribution < -0.4 is 15.0 Å². The first-order valence-electron chi connectivity index (χ1n) is 8.66. The predicted octanol–water partition coefficient (Wildman–Crippen LogP) is 3.75. The van der Waals surface area contributed by atoms with Gasteiger partial charge in [0.15, 0.2) is 0 Å². The Hall–Kier alpha value is -2.62. The highest BCUT2D eigenvalue weighted by Crippen LogP contribution is 2.34. The minimum absolute atomic E-state index is 0.0422. The van der Waals surface area contributed by atoms with E-state index >= 15 is 0 Å². The summed E-state index contributed by atoms with van der Waals surface area (Å²) in [6.07, 6.45) is -4.42. The van der Waals surface area contributed by atoms with Crippen molar-refractivity contribution < 1.29 is 27.1 Å². The minimum atomic E-state index is -4.85. The quantitative estimate of drug-likeness (QED) is 0.745. The lowest BCUT2D eigenvalue weighted by molar-refractivity contribution is -0.274. The van der Waals surface area contributed by atoms with Gasteiger partial charge in [-0.25, -0.2) is 14.4 Å². The molecule has 1 saturated heterocycles. The summed E-state index contributed by atoms with van der Waals surface area (Å²) >= 11 is 5.89.